The topological polar surface area (TPSA) is 127 Å². The largest absolute Gasteiger partial charge is 0.598 e. The monoisotopic (exact) mass is 602 g/mol. The predicted octanol–water partition coefficient (Wildman–Crippen LogP) is 5.02. The van der Waals surface area contributed by atoms with Gasteiger partial charge in [-0.25, -0.2) is 9.18 Å². The summed E-state index contributed by atoms with van der Waals surface area (Å²) in [6.45, 7) is 10.7. The van der Waals surface area contributed by atoms with E-state index in [1.165, 1.54) is 11.0 Å². The molecule has 3 N–H and O–H groups in total. The van der Waals surface area contributed by atoms with Gasteiger partial charge in [-0.3, -0.25) is 14.7 Å². The Bertz CT molecular complexity index is 1260. The van der Waals surface area contributed by atoms with Crippen LogP contribution in [0.25, 0.3) is 0 Å². The van der Waals surface area contributed by atoms with E-state index in [1.54, 1.807) is 45.2 Å². The number of anilines is 1. The number of pyridine rings is 1. The summed E-state index contributed by atoms with van der Waals surface area (Å²) in [5, 5.41) is 12.9. The number of hydrogen-bond donors (Lipinski definition) is 3. The molecule has 11 heteroatoms. The fourth-order valence-electron chi connectivity index (χ4n) is 5.02. The summed E-state index contributed by atoms with van der Waals surface area (Å²) in [4.78, 5) is 32.1. The molecule has 2 unspecified atom stereocenters. The van der Waals surface area contributed by atoms with Crippen LogP contribution in [0.2, 0.25) is 0 Å². The number of rotatable bonds is 9. The van der Waals surface area contributed by atoms with Gasteiger partial charge in [-0.1, -0.05) is 25.0 Å². The first-order valence-electron chi connectivity index (χ1n) is 14.5. The number of aromatic nitrogens is 1. The minimum atomic E-state index is -1.51. The molecule has 42 heavy (non-hydrogen) atoms. The smallest absolute Gasteiger partial charge is 0.411 e. The SMILES string of the molecule is CC(C)(C)OC(=O)N1C[C@H](O)C[C@@H]1C(=O)Nc1cc(C(CCC2CC2)(N[S+]([O-])C(C)(C)C)c2ccccn2)ccc1F. The summed E-state index contributed by atoms with van der Waals surface area (Å²) in [6.07, 6.45) is 3.71. The average molecular weight is 603 g/mol. The van der Waals surface area contributed by atoms with Crippen LogP contribution in [0.1, 0.15) is 84.9 Å². The number of ether oxygens (including phenoxy) is 1. The molecule has 2 heterocycles. The zero-order valence-corrected chi connectivity index (χ0v) is 26.1. The Morgan fingerprint density at radius 3 is 2.48 bits per heavy atom. The molecule has 1 aliphatic heterocycles. The molecular formula is C31H43FN4O5S. The van der Waals surface area contributed by atoms with Gasteiger partial charge in [-0.2, -0.15) is 0 Å². The van der Waals surface area contributed by atoms with Gasteiger partial charge in [0.1, 0.15) is 27.7 Å². The van der Waals surface area contributed by atoms with Gasteiger partial charge in [-0.05, 0) is 90.1 Å². The van der Waals surface area contributed by atoms with Crippen LogP contribution in [0.3, 0.4) is 0 Å². The van der Waals surface area contributed by atoms with E-state index in [4.69, 9.17) is 4.74 Å². The van der Waals surface area contributed by atoms with E-state index in [2.05, 4.69) is 15.0 Å². The Labute approximate surface area is 250 Å². The highest BCUT2D eigenvalue weighted by molar-refractivity contribution is 7.90. The van der Waals surface area contributed by atoms with E-state index in [-0.39, 0.29) is 18.7 Å². The van der Waals surface area contributed by atoms with Crippen molar-refractivity contribution >= 4 is 29.0 Å². The summed E-state index contributed by atoms with van der Waals surface area (Å²) >= 11 is -1.51. The lowest BCUT2D eigenvalue weighted by atomic mass is 9.82. The van der Waals surface area contributed by atoms with Gasteiger partial charge in [0.05, 0.1) is 24.0 Å². The quantitative estimate of drug-likeness (QED) is 0.344. The Morgan fingerprint density at radius 2 is 1.88 bits per heavy atom. The number of aliphatic hydroxyl groups is 1. The molecule has 0 bridgehead atoms. The summed E-state index contributed by atoms with van der Waals surface area (Å²) < 4.78 is 37.0. The highest BCUT2D eigenvalue weighted by atomic mass is 32.2. The minimum absolute atomic E-state index is 0.00222. The van der Waals surface area contributed by atoms with Crippen LogP contribution in [-0.2, 0) is 26.4 Å². The van der Waals surface area contributed by atoms with Crippen molar-refractivity contribution in [2.75, 3.05) is 11.9 Å². The zero-order chi connectivity index (χ0) is 30.9. The van der Waals surface area contributed by atoms with E-state index in [9.17, 15) is 19.2 Å². The third-order valence-corrected chi connectivity index (χ3v) is 9.12. The Kier molecular flexibility index (Phi) is 9.56. The van der Waals surface area contributed by atoms with Crippen molar-refractivity contribution in [3.8, 4) is 0 Å². The molecule has 1 saturated carbocycles. The zero-order valence-electron chi connectivity index (χ0n) is 25.3. The molecule has 9 nitrogen and oxygen atoms in total. The average Bonchev–Trinajstić information content (AvgIpc) is 3.65. The third-order valence-electron chi connectivity index (χ3n) is 7.48. The molecule has 2 amide bonds. The normalized spacial score (nSPS) is 21.5. The van der Waals surface area contributed by atoms with Crippen molar-refractivity contribution in [3.05, 3.63) is 59.7 Å². The van der Waals surface area contributed by atoms with Crippen molar-refractivity contribution in [2.24, 2.45) is 5.92 Å². The van der Waals surface area contributed by atoms with Gasteiger partial charge in [0, 0.05) is 24.0 Å². The second kappa shape index (κ2) is 12.5. The molecule has 4 rings (SSSR count). The summed E-state index contributed by atoms with van der Waals surface area (Å²) in [6, 6.07) is 8.93. The van der Waals surface area contributed by atoms with Crippen molar-refractivity contribution in [1.29, 1.82) is 0 Å². The first-order valence-corrected chi connectivity index (χ1v) is 15.6. The molecule has 1 aromatic heterocycles. The number of hydrogen-bond acceptors (Lipinski definition) is 7. The Morgan fingerprint density at radius 1 is 1.17 bits per heavy atom. The highest BCUT2D eigenvalue weighted by Crippen LogP contribution is 2.42. The molecular weight excluding hydrogens is 559 g/mol. The molecule has 230 valence electrons. The second-order valence-corrected chi connectivity index (χ2v) is 15.3. The van der Waals surface area contributed by atoms with Gasteiger partial charge in [0.2, 0.25) is 5.91 Å². The van der Waals surface area contributed by atoms with Crippen molar-refractivity contribution in [2.45, 2.75) is 102 Å². The molecule has 4 atom stereocenters. The van der Waals surface area contributed by atoms with E-state index < -0.39 is 57.2 Å². The molecule has 1 aromatic carbocycles. The number of halogens is 1. The first kappa shape index (κ1) is 32.2. The van der Waals surface area contributed by atoms with Crippen LogP contribution in [0, 0.1) is 11.7 Å². The summed E-state index contributed by atoms with van der Waals surface area (Å²) in [5.74, 6) is -0.741. The maximum Gasteiger partial charge on any atom is 0.411 e. The van der Waals surface area contributed by atoms with Gasteiger partial charge >= 0.3 is 6.09 Å². The van der Waals surface area contributed by atoms with Crippen molar-refractivity contribution in [1.82, 2.24) is 14.6 Å². The molecule has 2 aliphatic rings. The third kappa shape index (κ3) is 7.80. The van der Waals surface area contributed by atoms with E-state index in [0.29, 0.717) is 23.6 Å². The van der Waals surface area contributed by atoms with Crippen LogP contribution < -0.4 is 10.0 Å². The fourth-order valence-corrected chi connectivity index (χ4v) is 5.97. The van der Waals surface area contributed by atoms with Crippen molar-refractivity contribution in [3.63, 3.8) is 0 Å². The van der Waals surface area contributed by atoms with E-state index >= 15 is 4.39 Å². The lowest BCUT2D eigenvalue weighted by molar-refractivity contribution is -0.120. The summed E-state index contributed by atoms with van der Waals surface area (Å²) in [5.41, 5.74) is -0.658. The lowest BCUT2D eigenvalue weighted by Gasteiger charge is -2.38. The number of amides is 2. The van der Waals surface area contributed by atoms with Crippen molar-refractivity contribution < 1.29 is 28.4 Å². The van der Waals surface area contributed by atoms with E-state index in [1.807, 2.05) is 32.9 Å². The Hall–Kier alpha value is -2.73. The van der Waals surface area contributed by atoms with Gasteiger partial charge < -0.3 is 19.7 Å². The maximum absolute atomic E-state index is 15.3. The van der Waals surface area contributed by atoms with Gasteiger partial charge in [-0.15, -0.1) is 4.72 Å². The Balaban J connectivity index is 1.70. The maximum atomic E-state index is 15.3. The predicted molar refractivity (Wildman–Crippen MR) is 160 cm³/mol. The molecule has 2 aromatic rings. The van der Waals surface area contributed by atoms with E-state index in [0.717, 1.165) is 19.3 Å². The number of nitrogens with one attached hydrogen (secondary N) is 2. The van der Waals surface area contributed by atoms with Gasteiger partial charge in [0.25, 0.3) is 0 Å². The fraction of sp³-hybridized carbons (Fsp3) is 0.581. The number of nitrogens with zero attached hydrogens (tertiary/aromatic N) is 2. The molecule has 0 radical (unpaired) electrons. The number of aliphatic hydroxyl groups excluding tert-OH is 1. The standard InChI is InChI=1S/C31H43FN4O5S/c1-29(2,3)41-28(39)36-19-22(37)18-25(36)27(38)34-24-17-21(12-13-23(24)32)31(15-14-20-10-11-20,26-9-7-8-16-33-26)35-42(40)30(4,5)6/h7-9,12-13,16-17,20,22,25,35,37H,10-11,14-15,18-19H2,1-6H3,(H,34,38)/t22-,25-,31?,42?/m1/s1. The van der Waals surface area contributed by atoms with Gasteiger partial charge in [0.15, 0.2) is 0 Å². The van der Waals surface area contributed by atoms with Crippen LogP contribution in [0.4, 0.5) is 14.9 Å². The summed E-state index contributed by atoms with van der Waals surface area (Å²) in [7, 11) is 0. The number of β-amino-alcohol motifs (C(OH)–C–C–N with tert-alkyl or cyclic N) is 1. The number of likely N-dealkylation sites (tertiary alicyclic amines) is 1. The van der Waals surface area contributed by atoms with Crippen LogP contribution >= 0.6 is 0 Å². The minimum Gasteiger partial charge on any atom is -0.598 e. The molecule has 0 spiro atoms. The molecule has 1 saturated heterocycles. The highest BCUT2D eigenvalue weighted by Gasteiger charge is 2.45. The number of carbonyl (C=O) groups excluding carboxylic acids is 2. The molecule has 2 fully saturated rings. The number of carbonyl (C=O) groups is 2. The lowest BCUT2D eigenvalue weighted by Crippen LogP contribution is -2.52. The number of benzene rings is 1. The second-order valence-electron chi connectivity index (χ2n) is 13.3. The van der Waals surface area contributed by atoms with Crippen LogP contribution in [0.15, 0.2) is 42.6 Å². The first-order chi connectivity index (χ1) is 19.6. The van der Waals surface area contributed by atoms with Crippen LogP contribution in [0.5, 0.6) is 0 Å². The molecule has 1 aliphatic carbocycles. The van der Waals surface area contributed by atoms with Crippen LogP contribution in [-0.4, -0.2) is 60.6 Å².